The van der Waals surface area contributed by atoms with Gasteiger partial charge in [0.2, 0.25) is 11.3 Å². The molecule has 6 nitrogen and oxygen atoms in total. The average molecular weight is 300 g/mol. The lowest BCUT2D eigenvalue weighted by Crippen LogP contribution is -2.33. The van der Waals surface area contributed by atoms with Gasteiger partial charge in [-0.3, -0.25) is 4.79 Å². The molecular formula is C14H12N4O2S. The molecule has 7 heteroatoms. The number of nitrogens with zero attached hydrogens (tertiary/aromatic N) is 4. The van der Waals surface area contributed by atoms with Crippen LogP contribution in [0.2, 0.25) is 0 Å². The summed E-state index contributed by atoms with van der Waals surface area (Å²) in [6.07, 6.45) is -0.803. The molecule has 0 unspecified atom stereocenters. The number of thioether (sulfide) groups is 1. The Morgan fingerprint density at radius 2 is 2.00 bits per heavy atom. The maximum absolute atomic E-state index is 12.5. The van der Waals surface area contributed by atoms with E-state index < -0.39 is 16.9 Å². The predicted octanol–water partition coefficient (Wildman–Crippen LogP) is 1.74. The molecule has 2 aromatic rings. The minimum absolute atomic E-state index is 0.259. The first-order chi connectivity index (χ1) is 10.1. The summed E-state index contributed by atoms with van der Waals surface area (Å²) >= 11 is 1.11. The van der Waals surface area contributed by atoms with E-state index in [0.29, 0.717) is 10.9 Å². The first-order valence-corrected chi connectivity index (χ1v) is 7.09. The number of benzene rings is 1. The zero-order valence-corrected chi connectivity index (χ0v) is 12.3. The SMILES string of the molecule is C[C@H](C#N)Sc1nc2ccccc2c(=O)n1O[C@@H](C)C#N. The highest BCUT2D eigenvalue weighted by Gasteiger charge is 2.17. The van der Waals surface area contributed by atoms with Crippen molar-refractivity contribution < 1.29 is 4.84 Å². The van der Waals surface area contributed by atoms with Crippen LogP contribution in [0.5, 0.6) is 0 Å². The smallest absolute Gasteiger partial charge is 0.295 e. The van der Waals surface area contributed by atoms with Gasteiger partial charge < -0.3 is 4.84 Å². The Morgan fingerprint density at radius 3 is 2.67 bits per heavy atom. The molecule has 2 atom stereocenters. The van der Waals surface area contributed by atoms with E-state index in [9.17, 15) is 4.79 Å². The second-order valence-electron chi connectivity index (χ2n) is 4.28. The van der Waals surface area contributed by atoms with Gasteiger partial charge in [0, 0.05) is 0 Å². The van der Waals surface area contributed by atoms with E-state index in [1.165, 1.54) is 6.92 Å². The number of para-hydroxylation sites is 1. The van der Waals surface area contributed by atoms with Crippen LogP contribution < -0.4 is 10.4 Å². The Morgan fingerprint density at radius 1 is 1.29 bits per heavy atom. The predicted molar refractivity (Wildman–Crippen MR) is 78.6 cm³/mol. The van der Waals surface area contributed by atoms with Crippen molar-refractivity contribution in [3.05, 3.63) is 34.6 Å². The molecule has 0 aliphatic carbocycles. The van der Waals surface area contributed by atoms with Crippen LogP contribution in [0, 0.1) is 22.7 Å². The number of rotatable bonds is 4. The number of hydrogen-bond donors (Lipinski definition) is 0. The highest BCUT2D eigenvalue weighted by Crippen LogP contribution is 2.21. The quantitative estimate of drug-likeness (QED) is 0.631. The van der Waals surface area contributed by atoms with Crippen LogP contribution in [0.1, 0.15) is 13.8 Å². The Hall–Kier alpha value is -2.51. The summed E-state index contributed by atoms with van der Waals surface area (Å²) in [5.74, 6) is 0. The molecule has 1 heterocycles. The van der Waals surface area contributed by atoms with Crippen molar-refractivity contribution in [1.82, 2.24) is 9.71 Å². The third kappa shape index (κ3) is 3.15. The number of aromatic nitrogens is 2. The van der Waals surface area contributed by atoms with E-state index >= 15 is 0 Å². The van der Waals surface area contributed by atoms with Crippen LogP contribution >= 0.6 is 11.8 Å². The molecule has 0 amide bonds. The van der Waals surface area contributed by atoms with Crippen molar-refractivity contribution in [2.75, 3.05) is 0 Å². The third-order valence-electron chi connectivity index (χ3n) is 2.62. The summed E-state index contributed by atoms with van der Waals surface area (Å²) in [4.78, 5) is 22.1. The molecule has 21 heavy (non-hydrogen) atoms. The summed E-state index contributed by atoms with van der Waals surface area (Å²) < 4.78 is 0.995. The molecule has 0 radical (unpaired) electrons. The monoisotopic (exact) mass is 300 g/mol. The van der Waals surface area contributed by atoms with Crippen molar-refractivity contribution in [2.24, 2.45) is 0 Å². The summed E-state index contributed by atoms with van der Waals surface area (Å²) in [7, 11) is 0. The number of fused-ring (bicyclic) bond motifs is 1. The van der Waals surface area contributed by atoms with E-state index in [2.05, 4.69) is 11.1 Å². The molecule has 0 saturated heterocycles. The van der Waals surface area contributed by atoms with Crippen LogP contribution in [0.4, 0.5) is 0 Å². The van der Waals surface area contributed by atoms with Crippen molar-refractivity contribution >= 4 is 22.7 Å². The van der Waals surface area contributed by atoms with E-state index in [1.807, 2.05) is 6.07 Å². The zero-order valence-electron chi connectivity index (χ0n) is 11.5. The minimum Gasteiger partial charge on any atom is -0.390 e. The van der Waals surface area contributed by atoms with Crippen LogP contribution in [0.15, 0.2) is 34.2 Å². The normalized spacial score (nSPS) is 13.1. The van der Waals surface area contributed by atoms with E-state index in [4.69, 9.17) is 15.4 Å². The van der Waals surface area contributed by atoms with Gasteiger partial charge in [0.05, 0.1) is 22.2 Å². The van der Waals surface area contributed by atoms with Gasteiger partial charge in [0.1, 0.15) is 6.07 Å². The summed E-state index contributed by atoms with van der Waals surface area (Å²) in [6.45, 7) is 3.23. The first-order valence-electron chi connectivity index (χ1n) is 6.21. The molecule has 0 saturated carbocycles. The van der Waals surface area contributed by atoms with Gasteiger partial charge in [0.25, 0.3) is 5.56 Å². The van der Waals surface area contributed by atoms with Crippen molar-refractivity contribution in [3.63, 3.8) is 0 Å². The van der Waals surface area contributed by atoms with Gasteiger partial charge in [-0.1, -0.05) is 23.9 Å². The molecule has 0 bridgehead atoms. The lowest BCUT2D eigenvalue weighted by molar-refractivity contribution is 0.0536. The molecular weight excluding hydrogens is 288 g/mol. The van der Waals surface area contributed by atoms with Gasteiger partial charge in [-0.15, -0.1) is 4.73 Å². The third-order valence-corrected chi connectivity index (χ3v) is 3.54. The maximum atomic E-state index is 12.5. The summed E-state index contributed by atoms with van der Waals surface area (Å²) in [5.41, 5.74) is 0.134. The Bertz CT molecular complexity index is 803. The topological polar surface area (TPSA) is 91.7 Å². The number of nitriles is 2. The Balaban J connectivity index is 2.63. The lowest BCUT2D eigenvalue weighted by Gasteiger charge is -2.15. The van der Waals surface area contributed by atoms with Crippen LogP contribution in [-0.2, 0) is 0 Å². The van der Waals surface area contributed by atoms with E-state index in [-0.39, 0.29) is 5.16 Å². The van der Waals surface area contributed by atoms with Gasteiger partial charge >= 0.3 is 0 Å². The highest BCUT2D eigenvalue weighted by molar-refractivity contribution is 8.00. The fourth-order valence-corrected chi connectivity index (χ4v) is 2.37. The molecule has 0 aliphatic heterocycles. The Labute approximate surface area is 125 Å². The van der Waals surface area contributed by atoms with E-state index in [1.54, 1.807) is 31.2 Å². The van der Waals surface area contributed by atoms with Gasteiger partial charge in [-0.05, 0) is 26.0 Å². The van der Waals surface area contributed by atoms with Gasteiger partial charge in [-0.25, -0.2) is 4.98 Å². The number of hydrogen-bond acceptors (Lipinski definition) is 6. The van der Waals surface area contributed by atoms with Crippen molar-refractivity contribution in [2.45, 2.75) is 30.4 Å². The molecule has 0 spiro atoms. The molecule has 1 aromatic carbocycles. The van der Waals surface area contributed by atoms with Crippen LogP contribution in [0.25, 0.3) is 10.9 Å². The van der Waals surface area contributed by atoms with Crippen LogP contribution in [0.3, 0.4) is 0 Å². The second kappa shape index (κ2) is 6.29. The molecule has 1 aromatic heterocycles. The fraction of sp³-hybridized carbons (Fsp3) is 0.286. The van der Waals surface area contributed by atoms with E-state index in [0.717, 1.165) is 16.5 Å². The lowest BCUT2D eigenvalue weighted by atomic mass is 10.2. The molecule has 106 valence electrons. The van der Waals surface area contributed by atoms with Crippen LogP contribution in [-0.4, -0.2) is 21.1 Å². The standard InChI is InChI=1S/C14H12N4O2S/c1-9(7-15)20-18-13(19)11-5-3-4-6-12(11)17-14(18)21-10(2)8-16/h3-6,9-10H,1-2H3/t9-,10+/m0/s1. The molecule has 0 N–H and O–H groups in total. The largest absolute Gasteiger partial charge is 0.390 e. The van der Waals surface area contributed by atoms with Crippen molar-refractivity contribution in [3.8, 4) is 12.1 Å². The molecule has 0 aliphatic rings. The summed E-state index contributed by atoms with van der Waals surface area (Å²) in [6, 6.07) is 10.8. The first kappa shape index (κ1) is 14.9. The average Bonchev–Trinajstić information content (AvgIpc) is 2.50. The van der Waals surface area contributed by atoms with Gasteiger partial charge in [-0.2, -0.15) is 10.5 Å². The van der Waals surface area contributed by atoms with Crippen molar-refractivity contribution in [1.29, 1.82) is 10.5 Å². The molecule has 0 fully saturated rings. The van der Waals surface area contributed by atoms with Gasteiger partial charge in [0.15, 0.2) is 0 Å². The highest BCUT2D eigenvalue weighted by atomic mass is 32.2. The fourth-order valence-electron chi connectivity index (χ4n) is 1.63. The minimum atomic E-state index is -0.803. The Kier molecular flexibility index (Phi) is 4.46. The summed E-state index contributed by atoms with van der Waals surface area (Å²) in [5, 5.41) is 18.0. The zero-order chi connectivity index (χ0) is 15.4. The molecule has 2 rings (SSSR count). The second-order valence-corrected chi connectivity index (χ2v) is 5.58. The maximum Gasteiger partial charge on any atom is 0.295 e.